The second kappa shape index (κ2) is 6.39. The van der Waals surface area contributed by atoms with E-state index in [2.05, 4.69) is 25.9 Å². The topological polar surface area (TPSA) is 59.8 Å². The minimum atomic E-state index is 0.0334. The molecule has 0 aliphatic heterocycles. The van der Waals surface area contributed by atoms with Crippen molar-refractivity contribution in [3.05, 3.63) is 54.5 Å². The van der Waals surface area contributed by atoms with Crippen LogP contribution in [-0.2, 0) is 6.54 Å². The van der Waals surface area contributed by atoms with E-state index in [1.54, 1.807) is 19.2 Å². The van der Waals surface area contributed by atoms with Crippen LogP contribution in [0.1, 0.15) is 23.7 Å². The third-order valence-electron chi connectivity index (χ3n) is 3.58. The van der Waals surface area contributed by atoms with Gasteiger partial charge in [-0.3, -0.25) is 4.79 Å². The van der Waals surface area contributed by atoms with E-state index in [-0.39, 0.29) is 5.78 Å². The first-order valence-electron chi connectivity index (χ1n) is 7.35. The van der Waals surface area contributed by atoms with Gasteiger partial charge in [0.05, 0.1) is 17.4 Å². The summed E-state index contributed by atoms with van der Waals surface area (Å²) < 4.78 is 2.16. The maximum absolute atomic E-state index is 11.2. The summed E-state index contributed by atoms with van der Waals surface area (Å²) in [5.41, 5.74) is 2.82. The Balaban J connectivity index is 1.52. The van der Waals surface area contributed by atoms with Gasteiger partial charge in [-0.15, -0.1) is 0 Å². The number of benzene rings is 1. The fraction of sp³-hybridized carbons (Fsp3) is 0.235. The highest BCUT2D eigenvalue weighted by atomic mass is 16.1. The molecular formula is C17H18N4O. The van der Waals surface area contributed by atoms with Crippen LogP contribution < -0.4 is 5.32 Å². The largest absolute Gasteiger partial charge is 0.370 e. The van der Waals surface area contributed by atoms with Crippen LogP contribution in [0.4, 0.5) is 5.82 Å². The van der Waals surface area contributed by atoms with Crippen LogP contribution in [0.3, 0.4) is 0 Å². The Morgan fingerprint density at radius 3 is 2.82 bits per heavy atom. The molecule has 0 atom stereocenters. The van der Waals surface area contributed by atoms with Gasteiger partial charge in [-0.05, 0) is 37.6 Å². The molecule has 0 amide bonds. The molecule has 1 N–H and O–H groups in total. The van der Waals surface area contributed by atoms with Gasteiger partial charge in [-0.25, -0.2) is 9.97 Å². The lowest BCUT2D eigenvalue weighted by atomic mass is 10.2. The predicted molar refractivity (Wildman–Crippen MR) is 87.1 cm³/mol. The SMILES string of the molecule is CC(=O)c1ccc(NCCCn2cnc3ccccc32)nc1. The smallest absolute Gasteiger partial charge is 0.161 e. The maximum atomic E-state index is 11.2. The van der Waals surface area contributed by atoms with Gasteiger partial charge in [0.25, 0.3) is 0 Å². The summed E-state index contributed by atoms with van der Waals surface area (Å²) in [5.74, 6) is 0.825. The molecule has 3 rings (SSSR count). The highest BCUT2D eigenvalue weighted by Gasteiger charge is 2.02. The average Bonchev–Trinajstić information content (AvgIpc) is 2.95. The number of nitrogens with zero attached hydrogens (tertiary/aromatic N) is 3. The molecule has 0 saturated heterocycles. The van der Waals surface area contributed by atoms with Gasteiger partial charge in [0, 0.05) is 24.8 Å². The number of hydrogen-bond donors (Lipinski definition) is 1. The van der Waals surface area contributed by atoms with E-state index >= 15 is 0 Å². The van der Waals surface area contributed by atoms with E-state index in [1.165, 1.54) is 0 Å². The number of nitrogens with one attached hydrogen (secondary N) is 1. The number of imidazole rings is 1. The van der Waals surface area contributed by atoms with Gasteiger partial charge >= 0.3 is 0 Å². The maximum Gasteiger partial charge on any atom is 0.161 e. The minimum Gasteiger partial charge on any atom is -0.370 e. The number of ketones is 1. The van der Waals surface area contributed by atoms with Gasteiger partial charge in [0.2, 0.25) is 0 Å². The Bertz CT molecular complexity index is 777. The van der Waals surface area contributed by atoms with Crippen LogP contribution in [0.5, 0.6) is 0 Å². The van der Waals surface area contributed by atoms with Crippen LogP contribution >= 0.6 is 0 Å². The number of hydrogen-bond acceptors (Lipinski definition) is 4. The Labute approximate surface area is 129 Å². The van der Waals surface area contributed by atoms with Crippen molar-refractivity contribution in [2.45, 2.75) is 19.9 Å². The number of anilines is 1. The molecule has 5 heteroatoms. The average molecular weight is 294 g/mol. The van der Waals surface area contributed by atoms with E-state index in [1.807, 2.05) is 30.6 Å². The number of aryl methyl sites for hydroxylation is 1. The molecule has 0 spiro atoms. The predicted octanol–water partition coefficient (Wildman–Crippen LogP) is 3.14. The monoisotopic (exact) mass is 294 g/mol. The number of pyridine rings is 1. The molecule has 0 fully saturated rings. The standard InChI is InChI=1S/C17H18N4O/c1-13(22)14-7-8-17(19-11-14)18-9-4-10-21-12-20-15-5-2-3-6-16(15)21/h2-3,5-8,11-12H,4,9-10H2,1H3,(H,18,19). The number of carbonyl (C=O) groups excluding carboxylic acids is 1. The minimum absolute atomic E-state index is 0.0334. The number of Topliss-reactive ketones (excluding diaryl/α,β-unsaturated/α-hetero) is 1. The van der Waals surface area contributed by atoms with Crippen LogP contribution in [-0.4, -0.2) is 26.9 Å². The second-order valence-electron chi connectivity index (χ2n) is 5.20. The first-order valence-corrected chi connectivity index (χ1v) is 7.35. The third kappa shape index (κ3) is 3.14. The summed E-state index contributed by atoms with van der Waals surface area (Å²) in [6.07, 6.45) is 4.45. The summed E-state index contributed by atoms with van der Waals surface area (Å²) >= 11 is 0. The zero-order chi connectivity index (χ0) is 15.4. The fourth-order valence-electron chi connectivity index (χ4n) is 2.36. The van der Waals surface area contributed by atoms with Crippen LogP contribution in [0.15, 0.2) is 48.9 Å². The highest BCUT2D eigenvalue weighted by Crippen LogP contribution is 2.12. The van der Waals surface area contributed by atoms with Crippen molar-refractivity contribution in [2.75, 3.05) is 11.9 Å². The molecule has 0 aliphatic carbocycles. The lowest BCUT2D eigenvalue weighted by Gasteiger charge is -2.07. The quantitative estimate of drug-likeness (QED) is 0.560. The van der Waals surface area contributed by atoms with Gasteiger partial charge in [0.15, 0.2) is 5.78 Å². The number of carbonyl (C=O) groups is 1. The Morgan fingerprint density at radius 2 is 2.05 bits per heavy atom. The van der Waals surface area contributed by atoms with E-state index in [4.69, 9.17) is 0 Å². The molecule has 5 nitrogen and oxygen atoms in total. The summed E-state index contributed by atoms with van der Waals surface area (Å²) in [6, 6.07) is 11.8. The lowest BCUT2D eigenvalue weighted by Crippen LogP contribution is -2.07. The lowest BCUT2D eigenvalue weighted by molar-refractivity contribution is 0.101. The summed E-state index contributed by atoms with van der Waals surface area (Å²) in [7, 11) is 0. The molecule has 2 aromatic heterocycles. The van der Waals surface area contributed by atoms with E-state index in [0.717, 1.165) is 36.4 Å². The Morgan fingerprint density at radius 1 is 1.18 bits per heavy atom. The van der Waals surface area contributed by atoms with Crippen molar-refractivity contribution < 1.29 is 4.79 Å². The first-order chi connectivity index (χ1) is 10.7. The molecule has 0 bridgehead atoms. The number of rotatable bonds is 6. The van der Waals surface area contributed by atoms with Crippen LogP contribution in [0, 0.1) is 0 Å². The molecule has 112 valence electrons. The second-order valence-corrected chi connectivity index (χ2v) is 5.20. The number of fused-ring (bicyclic) bond motifs is 1. The van der Waals surface area contributed by atoms with Gasteiger partial charge in [-0.2, -0.15) is 0 Å². The molecule has 0 radical (unpaired) electrons. The fourth-order valence-corrected chi connectivity index (χ4v) is 2.36. The van der Waals surface area contributed by atoms with E-state index in [0.29, 0.717) is 5.56 Å². The number of aromatic nitrogens is 3. The molecule has 0 aliphatic rings. The third-order valence-corrected chi connectivity index (χ3v) is 3.58. The van der Waals surface area contributed by atoms with Crippen molar-refractivity contribution >= 4 is 22.6 Å². The summed E-state index contributed by atoms with van der Waals surface area (Å²) in [6.45, 7) is 3.26. The molecule has 0 saturated carbocycles. The van der Waals surface area contributed by atoms with Crippen molar-refractivity contribution in [1.82, 2.24) is 14.5 Å². The zero-order valence-electron chi connectivity index (χ0n) is 12.5. The first kappa shape index (κ1) is 14.3. The van der Waals surface area contributed by atoms with Crippen molar-refractivity contribution in [3.8, 4) is 0 Å². The van der Waals surface area contributed by atoms with Gasteiger partial charge in [-0.1, -0.05) is 12.1 Å². The molecule has 2 heterocycles. The van der Waals surface area contributed by atoms with E-state index < -0.39 is 0 Å². The summed E-state index contributed by atoms with van der Waals surface area (Å²) in [4.78, 5) is 19.8. The Kier molecular flexibility index (Phi) is 4.14. The molecule has 22 heavy (non-hydrogen) atoms. The van der Waals surface area contributed by atoms with Crippen LogP contribution in [0.25, 0.3) is 11.0 Å². The zero-order valence-corrected chi connectivity index (χ0v) is 12.5. The van der Waals surface area contributed by atoms with Gasteiger partial charge in [0.1, 0.15) is 5.82 Å². The van der Waals surface area contributed by atoms with Crippen LogP contribution in [0.2, 0.25) is 0 Å². The normalized spacial score (nSPS) is 10.8. The highest BCUT2D eigenvalue weighted by molar-refractivity contribution is 5.93. The molecule has 1 aromatic carbocycles. The van der Waals surface area contributed by atoms with Gasteiger partial charge < -0.3 is 9.88 Å². The number of para-hydroxylation sites is 2. The molecule has 0 unspecified atom stereocenters. The van der Waals surface area contributed by atoms with Crippen molar-refractivity contribution in [2.24, 2.45) is 0 Å². The van der Waals surface area contributed by atoms with E-state index in [9.17, 15) is 4.79 Å². The van der Waals surface area contributed by atoms with Crippen molar-refractivity contribution in [1.29, 1.82) is 0 Å². The summed E-state index contributed by atoms with van der Waals surface area (Å²) in [5, 5.41) is 3.27. The molecular weight excluding hydrogens is 276 g/mol. The Hall–Kier alpha value is -2.69. The van der Waals surface area contributed by atoms with Crippen molar-refractivity contribution in [3.63, 3.8) is 0 Å². The molecule has 3 aromatic rings.